The van der Waals surface area contributed by atoms with Crippen molar-refractivity contribution in [3.05, 3.63) is 60.3 Å². The van der Waals surface area contributed by atoms with Crippen molar-refractivity contribution < 1.29 is 8.42 Å². The highest BCUT2D eigenvalue weighted by Crippen LogP contribution is 2.18. The van der Waals surface area contributed by atoms with Gasteiger partial charge in [-0.15, -0.1) is 0 Å². The number of rotatable bonds is 4. The van der Waals surface area contributed by atoms with Crippen molar-refractivity contribution in [3.8, 4) is 0 Å². The average Bonchev–Trinajstić information content (AvgIpc) is 2.46. The second-order valence-electron chi connectivity index (χ2n) is 5.15. The lowest BCUT2D eigenvalue weighted by atomic mass is 10.2. The van der Waals surface area contributed by atoms with E-state index in [2.05, 4.69) is 15.3 Å². The van der Waals surface area contributed by atoms with Crippen LogP contribution in [-0.4, -0.2) is 24.6 Å². The molecule has 6 heteroatoms. The van der Waals surface area contributed by atoms with Crippen molar-refractivity contribution in [1.29, 1.82) is 0 Å². The smallest absolute Gasteiger partial charge is 0.227 e. The zero-order chi connectivity index (χ0) is 15.6. The molecule has 2 aromatic carbocycles. The molecule has 0 atom stereocenters. The van der Waals surface area contributed by atoms with Crippen LogP contribution < -0.4 is 5.32 Å². The number of anilines is 2. The van der Waals surface area contributed by atoms with Crippen molar-refractivity contribution >= 4 is 32.4 Å². The van der Waals surface area contributed by atoms with Gasteiger partial charge in [-0.2, -0.15) is 0 Å². The monoisotopic (exact) mass is 313 g/mol. The summed E-state index contributed by atoms with van der Waals surface area (Å²) in [6.07, 6.45) is 2.98. The first-order valence-corrected chi connectivity index (χ1v) is 8.81. The van der Waals surface area contributed by atoms with Gasteiger partial charge in [-0.1, -0.05) is 30.3 Å². The summed E-state index contributed by atoms with van der Waals surface area (Å²) in [7, 11) is -3.05. The van der Waals surface area contributed by atoms with Crippen LogP contribution in [0, 0.1) is 0 Å². The lowest BCUT2D eigenvalue weighted by molar-refractivity contribution is 0.601. The van der Waals surface area contributed by atoms with Gasteiger partial charge in [0.05, 0.1) is 11.3 Å². The first kappa shape index (κ1) is 14.5. The summed E-state index contributed by atoms with van der Waals surface area (Å²) >= 11 is 0. The van der Waals surface area contributed by atoms with E-state index in [1.165, 1.54) is 6.26 Å². The second-order valence-corrected chi connectivity index (χ2v) is 7.29. The zero-order valence-corrected chi connectivity index (χ0v) is 12.8. The minimum atomic E-state index is -3.05. The largest absolute Gasteiger partial charge is 0.324 e. The number of para-hydroxylation sites is 1. The molecule has 112 valence electrons. The number of sulfone groups is 1. The van der Waals surface area contributed by atoms with Crippen molar-refractivity contribution in [3.63, 3.8) is 0 Å². The van der Waals surface area contributed by atoms with Crippen LogP contribution in [-0.2, 0) is 15.6 Å². The molecule has 3 aromatic rings. The van der Waals surface area contributed by atoms with Gasteiger partial charge in [0.25, 0.3) is 0 Å². The number of hydrogen-bond donors (Lipinski definition) is 1. The van der Waals surface area contributed by atoms with E-state index >= 15 is 0 Å². The number of hydrogen-bond acceptors (Lipinski definition) is 5. The third-order valence-corrected chi connectivity index (χ3v) is 3.96. The lowest BCUT2D eigenvalue weighted by Crippen LogP contribution is -2.02. The molecule has 1 N–H and O–H groups in total. The molecule has 1 aromatic heterocycles. The standard InChI is InChI=1S/C16H15N3O2S/c1-22(20,21)11-12-5-4-7-14(9-12)18-16-17-10-13-6-2-3-8-15(13)19-16/h2-10H,11H2,1H3,(H,17,18,19). The predicted octanol–water partition coefficient (Wildman–Crippen LogP) is 2.92. The van der Waals surface area contributed by atoms with Crippen molar-refractivity contribution in [1.82, 2.24) is 9.97 Å². The maximum atomic E-state index is 11.4. The van der Waals surface area contributed by atoms with E-state index in [-0.39, 0.29) is 5.75 Å². The molecular weight excluding hydrogens is 298 g/mol. The lowest BCUT2D eigenvalue weighted by Gasteiger charge is -2.07. The molecule has 0 aliphatic carbocycles. The van der Waals surface area contributed by atoms with Crippen LogP contribution in [0.15, 0.2) is 54.7 Å². The fraction of sp³-hybridized carbons (Fsp3) is 0.125. The summed E-state index contributed by atoms with van der Waals surface area (Å²) in [6, 6.07) is 15.0. The highest BCUT2D eigenvalue weighted by atomic mass is 32.2. The van der Waals surface area contributed by atoms with Crippen LogP contribution in [0.1, 0.15) is 5.56 Å². The molecular formula is C16H15N3O2S. The topological polar surface area (TPSA) is 72.0 Å². The highest BCUT2D eigenvalue weighted by Gasteiger charge is 2.06. The van der Waals surface area contributed by atoms with E-state index in [0.717, 1.165) is 22.2 Å². The van der Waals surface area contributed by atoms with Crippen LogP contribution in [0.3, 0.4) is 0 Å². The Labute approximate surface area is 129 Å². The molecule has 0 bridgehead atoms. The zero-order valence-electron chi connectivity index (χ0n) is 12.0. The molecule has 1 heterocycles. The van der Waals surface area contributed by atoms with Crippen molar-refractivity contribution in [2.45, 2.75) is 5.75 Å². The molecule has 0 aliphatic heterocycles. The molecule has 3 rings (SSSR count). The van der Waals surface area contributed by atoms with Gasteiger partial charge in [0.2, 0.25) is 5.95 Å². The molecule has 22 heavy (non-hydrogen) atoms. The molecule has 0 fully saturated rings. The molecule has 5 nitrogen and oxygen atoms in total. The SMILES string of the molecule is CS(=O)(=O)Cc1cccc(Nc2ncc3ccccc3n2)c1. The van der Waals surface area contributed by atoms with Crippen LogP contribution in [0.2, 0.25) is 0 Å². The Bertz CT molecular complexity index is 923. The van der Waals surface area contributed by atoms with E-state index in [1.807, 2.05) is 36.4 Å². The third-order valence-electron chi connectivity index (χ3n) is 3.10. The molecule has 0 aliphatic rings. The Hall–Kier alpha value is -2.47. The summed E-state index contributed by atoms with van der Waals surface area (Å²) in [6.45, 7) is 0. The van der Waals surface area contributed by atoms with Crippen molar-refractivity contribution in [2.75, 3.05) is 11.6 Å². The number of nitrogens with one attached hydrogen (secondary N) is 1. The normalized spacial score (nSPS) is 11.5. The van der Waals surface area contributed by atoms with Crippen LogP contribution in [0.4, 0.5) is 11.6 Å². The predicted molar refractivity (Wildman–Crippen MR) is 87.8 cm³/mol. The van der Waals surface area contributed by atoms with E-state index < -0.39 is 9.84 Å². The molecule has 0 radical (unpaired) electrons. The Kier molecular flexibility index (Phi) is 3.77. The number of fused-ring (bicyclic) bond motifs is 1. The molecule has 0 amide bonds. The fourth-order valence-corrected chi connectivity index (χ4v) is 2.99. The summed E-state index contributed by atoms with van der Waals surface area (Å²) in [5, 5.41) is 4.08. The van der Waals surface area contributed by atoms with Gasteiger partial charge in [-0.05, 0) is 23.8 Å². The van der Waals surface area contributed by atoms with Gasteiger partial charge >= 0.3 is 0 Å². The third kappa shape index (κ3) is 3.59. The molecule has 0 saturated heterocycles. The Balaban J connectivity index is 1.86. The second kappa shape index (κ2) is 5.73. The quantitative estimate of drug-likeness (QED) is 0.802. The van der Waals surface area contributed by atoms with E-state index in [9.17, 15) is 8.42 Å². The maximum absolute atomic E-state index is 11.4. The van der Waals surface area contributed by atoms with Crippen molar-refractivity contribution in [2.24, 2.45) is 0 Å². The summed E-state index contributed by atoms with van der Waals surface area (Å²) < 4.78 is 22.7. The Morgan fingerprint density at radius 2 is 1.91 bits per heavy atom. The summed E-state index contributed by atoms with van der Waals surface area (Å²) in [4.78, 5) is 8.70. The maximum Gasteiger partial charge on any atom is 0.227 e. The number of aromatic nitrogens is 2. The minimum absolute atomic E-state index is 0.0150. The highest BCUT2D eigenvalue weighted by molar-refractivity contribution is 7.89. The fourth-order valence-electron chi connectivity index (χ4n) is 2.20. The van der Waals surface area contributed by atoms with E-state index in [0.29, 0.717) is 5.95 Å². The summed E-state index contributed by atoms with van der Waals surface area (Å²) in [5.41, 5.74) is 2.34. The van der Waals surface area contributed by atoms with Crippen LogP contribution in [0.25, 0.3) is 10.9 Å². The Morgan fingerprint density at radius 3 is 2.73 bits per heavy atom. The number of benzene rings is 2. The molecule has 0 unspecified atom stereocenters. The van der Waals surface area contributed by atoms with Gasteiger partial charge in [0.1, 0.15) is 0 Å². The van der Waals surface area contributed by atoms with Gasteiger partial charge < -0.3 is 5.32 Å². The van der Waals surface area contributed by atoms with Gasteiger partial charge in [-0.25, -0.2) is 18.4 Å². The Morgan fingerprint density at radius 1 is 1.09 bits per heavy atom. The van der Waals surface area contributed by atoms with Gasteiger partial charge in [0, 0.05) is 23.5 Å². The summed E-state index contributed by atoms with van der Waals surface area (Å²) in [5.74, 6) is 0.497. The average molecular weight is 313 g/mol. The first-order chi connectivity index (χ1) is 10.5. The van der Waals surface area contributed by atoms with E-state index in [1.54, 1.807) is 18.3 Å². The number of nitrogens with zero attached hydrogens (tertiary/aromatic N) is 2. The first-order valence-electron chi connectivity index (χ1n) is 6.75. The molecule has 0 spiro atoms. The van der Waals surface area contributed by atoms with Gasteiger partial charge in [0.15, 0.2) is 9.84 Å². The van der Waals surface area contributed by atoms with Gasteiger partial charge in [-0.3, -0.25) is 0 Å². The molecule has 0 saturated carbocycles. The minimum Gasteiger partial charge on any atom is -0.324 e. The van der Waals surface area contributed by atoms with Crippen LogP contribution >= 0.6 is 0 Å². The van der Waals surface area contributed by atoms with E-state index in [4.69, 9.17) is 0 Å². The van der Waals surface area contributed by atoms with Crippen LogP contribution in [0.5, 0.6) is 0 Å².